The molecule has 5 heteroatoms. The van der Waals surface area contributed by atoms with Crippen molar-refractivity contribution in [2.24, 2.45) is 4.99 Å². The molecule has 0 saturated heterocycles. The molecule has 1 aromatic carbocycles. The van der Waals surface area contributed by atoms with Gasteiger partial charge < -0.3 is 4.74 Å². The number of amides is 1. The summed E-state index contributed by atoms with van der Waals surface area (Å²) in [5.41, 5.74) is 2.27. The average Bonchev–Trinajstić information content (AvgIpc) is 2.72. The lowest BCUT2D eigenvalue weighted by molar-refractivity contribution is -0.135. The fourth-order valence-electron chi connectivity index (χ4n) is 1.58. The molecule has 1 aliphatic rings. The summed E-state index contributed by atoms with van der Waals surface area (Å²) < 4.78 is 4.50. The van der Waals surface area contributed by atoms with Gasteiger partial charge in [0.15, 0.2) is 0 Å². The lowest BCUT2D eigenvalue weighted by Gasteiger charge is -2.00. The van der Waals surface area contributed by atoms with Crippen molar-refractivity contribution in [2.75, 3.05) is 7.11 Å². The van der Waals surface area contributed by atoms with Crippen LogP contribution in [0.4, 0.5) is 0 Å². The summed E-state index contributed by atoms with van der Waals surface area (Å²) in [6.07, 6.45) is 1.77. The van der Waals surface area contributed by atoms with Crippen LogP contribution in [0.5, 0.6) is 0 Å². The second kappa shape index (κ2) is 5.84. The number of methoxy groups -OCH3 is 1. The first-order chi connectivity index (χ1) is 9.08. The summed E-state index contributed by atoms with van der Waals surface area (Å²) in [7, 11) is 1.28. The van der Waals surface area contributed by atoms with E-state index in [1.165, 1.54) is 30.5 Å². The van der Waals surface area contributed by atoms with Crippen molar-refractivity contribution in [2.45, 2.75) is 13.3 Å². The number of hydrogen-bond acceptors (Lipinski definition) is 4. The van der Waals surface area contributed by atoms with Gasteiger partial charge in [-0.05, 0) is 12.5 Å². The Balaban J connectivity index is 2.06. The first kappa shape index (κ1) is 13.5. The molecule has 0 saturated carbocycles. The van der Waals surface area contributed by atoms with E-state index in [1.807, 2.05) is 31.2 Å². The molecule has 0 bridgehead atoms. The van der Waals surface area contributed by atoms with Crippen molar-refractivity contribution >= 4 is 28.7 Å². The van der Waals surface area contributed by atoms with Crippen molar-refractivity contribution in [3.8, 4) is 0 Å². The minimum absolute atomic E-state index is 0.314. The minimum Gasteiger partial charge on any atom is -0.466 e. The van der Waals surface area contributed by atoms with Gasteiger partial charge >= 0.3 is 5.97 Å². The van der Waals surface area contributed by atoms with E-state index in [0.717, 1.165) is 5.56 Å². The van der Waals surface area contributed by atoms with Crippen molar-refractivity contribution in [1.29, 1.82) is 0 Å². The summed E-state index contributed by atoms with van der Waals surface area (Å²) >= 11 is 1.22. The van der Waals surface area contributed by atoms with E-state index < -0.39 is 5.97 Å². The Hall–Kier alpha value is -1.88. The Morgan fingerprint density at radius 2 is 2.05 bits per heavy atom. The lowest BCUT2D eigenvalue weighted by atomic mass is 10.1. The number of rotatable bonds is 3. The summed E-state index contributed by atoms with van der Waals surface area (Å²) in [5, 5.41) is 0.698. The summed E-state index contributed by atoms with van der Waals surface area (Å²) in [4.78, 5) is 27.0. The number of carbonyl (C=O) groups is 2. The number of carbonyl (C=O) groups excluding carboxylic acids is 2. The zero-order chi connectivity index (χ0) is 13.8. The van der Waals surface area contributed by atoms with Crippen molar-refractivity contribution in [3.63, 3.8) is 0 Å². The molecule has 0 radical (unpaired) electrons. The maximum atomic E-state index is 11.6. The highest BCUT2D eigenvalue weighted by Crippen LogP contribution is 2.28. The SMILES string of the molecule is COC(=O)C=C1SC(Cc2ccc(C)cc2)=NC1=O. The van der Waals surface area contributed by atoms with Gasteiger partial charge in [-0.25, -0.2) is 9.79 Å². The highest BCUT2D eigenvalue weighted by Gasteiger charge is 2.22. The van der Waals surface area contributed by atoms with E-state index in [1.54, 1.807) is 0 Å². The molecule has 4 nitrogen and oxygen atoms in total. The first-order valence-electron chi connectivity index (χ1n) is 5.73. The van der Waals surface area contributed by atoms with Gasteiger partial charge in [-0.1, -0.05) is 41.6 Å². The van der Waals surface area contributed by atoms with Crippen LogP contribution < -0.4 is 0 Å². The summed E-state index contributed by atoms with van der Waals surface area (Å²) in [5.74, 6) is -0.917. The molecule has 1 heterocycles. The van der Waals surface area contributed by atoms with Gasteiger partial charge in [0.25, 0.3) is 5.91 Å². The van der Waals surface area contributed by atoms with E-state index in [0.29, 0.717) is 16.4 Å². The zero-order valence-electron chi connectivity index (χ0n) is 10.7. The van der Waals surface area contributed by atoms with Crippen LogP contribution >= 0.6 is 11.8 Å². The topological polar surface area (TPSA) is 55.7 Å². The highest BCUT2D eigenvalue weighted by atomic mass is 32.2. The molecule has 1 aliphatic heterocycles. The van der Waals surface area contributed by atoms with Crippen LogP contribution in [0.15, 0.2) is 40.2 Å². The monoisotopic (exact) mass is 275 g/mol. The van der Waals surface area contributed by atoms with Gasteiger partial charge in [-0.2, -0.15) is 0 Å². The van der Waals surface area contributed by atoms with Gasteiger partial charge in [0.1, 0.15) is 0 Å². The molecular formula is C14H13NO3S. The minimum atomic E-state index is -0.539. The van der Waals surface area contributed by atoms with E-state index in [9.17, 15) is 9.59 Å². The quantitative estimate of drug-likeness (QED) is 0.627. The Bertz CT molecular complexity index is 573. The molecular weight excluding hydrogens is 262 g/mol. The molecule has 0 atom stereocenters. The lowest BCUT2D eigenvalue weighted by Crippen LogP contribution is -1.98. The van der Waals surface area contributed by atoms with Crippen molar-refractivity contribution < 1.29 is 14.3 Å². The second-order valence-electron chi connectivity index (χ2n) is 4.11. The van der Waals surface area contributed by atoms with E-state index in [-0.39, 0.29) is 5.91 Å². The molecule has 0 fully saturated rings. The fraction of sp³-hybridized carbons (Fsp3) is 0.214. The predicted molar refractivity (Wildman–Crippen MR) is 75.0 cm³/mol. The maximum Gasteiger partial charge on any atom is 0.331 e. The third kappa shape index (κ3) is 3.54. The van der Waals surface area contributed by atoms with Gasteiger partial charge in [-0.3, -0.25) is 4.79 Å². The van der Waals surface area contributed by atoms with Crippen molar-refractivity contribution in [1.82, 2.24) is 0 Å². The molecule has 98 valence electrons. The van der Waals surface area contributed by atoms with Crippen LogP contribution in [0.3, 0.4) is 0 Å². The number of thioether (sulfide) groups is 1. The summed E-state index contributed by atoms with van der Waals surface area (Å²) in [6, 6.07) is 8.04. The Morgan fingerprint density at radius 3 is 2.68 bits per heavy atom. The second-order valence-corrected chi connectivity index (χ2v) is 5.22. The van der Waals surface area contributed by atoms with Gasteiger partial charge in [-0.15, -0.1) is 0 Å². The molecule has 0 aromatic heterocycles. The van der Waals surface area contributed by atoms with Crippen LogP contribution in [0, 0.1) is 6.92 Å². The standard InChI is InChI=1S/C14H13NO3S/c1-9-3-5-10(6-4-9)7-12-15-14(17)11(19-12)8-13(16)18-2/h3-6,8H,7H2,1-2H3. The average molecular weight is 275 g/mol. The maximum absolute atomic E-state index is 11.6. The molecule has 1 aromatic rings. The fourth-order valence-corrected chi connectivity index (χ4v) is 2.48. The van der Waals surface area contributed by atoms with Gasteiger partial charge in [0.2, 0.25) is 0 Å². The molecule has 1 amide bonds. The normalized spacial score (nSPS) is 16.6. The van der Waals surface area contributed by atoms with Crippen LogP contribution in [-0.4, -0.2) is 24.0 Å². The molecule has 0 N–H and O–H groups in total. The Labute approximate surface area is 115 Å². The Kier molecular flexibility index (Phi) is 4.16. The number of benzene rings is 1. The molecule has 0 unspecified atom stereocenters. The molecule has 2 rings (SSSR count). The number of ether oxygens (including phenoxy) is 1. The van der Waals surface area contributed by atoms with E-state index >= 15 is 0 Å². The number of hydrogen-bond donors (Lipinski definition) is 0. The van der Waals surface area contributed by atoms with Crippen LogP contribution in [-0.2, 0) is 20.7 Å². The first-order valence-corrected chi connectivity index (χ1v) is 6.55. The predicted octanol–water partition coefficient (Wildman–Crippen LogP) is 2.27. The summed E-state index contributed by atoms with van der Waals surface area (Å²) in [6.45, 7) is 2.02. The number of esters is 1. The zero-order valence-corrected chi connectivity index (χ0v) is 11.5. The van der Waals surface area contributed by atoms with E-state index in [4.69, 9.17) is 0 Å². The smallest absolute Gasteiger partial charge is 0.331 e. The highest BCUT2D eigenvalue weighted by molar-refractivity contribution is 8.18. The number of aliphatic imine (C=N–C) groups is 1. The van der Waals surface area contributed by atoms with Gasteiger partial charge in [0, 0.05) is 12.5 Å². The van der Waals surface area contributed by atoms with Gasteiger partial charge in [0.05, 0.1) is 17.1 Å². The van der Waals surface area contributed by atoms with Crippen LogP contribution in [0.1, 0.15) is 11.1 Å². The van der Waals surface area contributed by atoms with Crippen LogP contribution in [0.2, 0.25) is 0 Å². The van der Waals surface area contributed by atoms with Crippen LogP contribution in [0.25, 0.3) is 0 Å². The third-order valence-corrected chi connectivity index (χ3v) is 3.57. The van der Waals surface area contributed by atoms with Crippen molar-refractivity contribution in [3.05, 3.63) is 46.4 Å². The molecule has 0 aliphatic carbocycles. The van der Waals surface area contributed by atoms with E-state index in [2.05, 4.69) is 9.73 Å². The number of nitrogens with zero attached hydrogens (tertiary/aromatic N) is 1. The third-order valence-electron chi connectivity index (χ3n) is 2.59. The largest absolute Gasteiger partial charge is 0.466 e. The molecule has 0 spiro atoms. The molecule has 19 heavy (non-hydrogen) atoms. The number of aryl methyl sites for hydroxylation is 1. The Morgan fingerprint density at radius 1 is 1.37 bits per heavy atom.